The van der Waals surface area contributed by atoms with Crippen LogP contribution in [0.3, 0.4) is 0 Å². The van der Waals surface area contributed by atoms with Crippen LogP contribution in [0, 0.1) is 19.3 Å². The van der Waals surface area contributed by atoms with Crippen LogP contribution in [0.1, 0.15) is 118 Å². The van der Waals surface area contributed by atoms with E-state index in [9.17, 15) is 67.8 Å². The molecule has 8 bridgehead atoms. The summed E-state index contributed by atoms with van der Waals surface area (Å²) in [7, 11) is -16.6. The summed E-state index contributed by atoms with van der Waals surface area (Å²) in [5.41, 5.74) is 17.9. The molecular weight excluding hydrogens is 1240 g/mol. The third-order valence-corrected chi connectivity index (χ3v) is 19.3. The highest BCUT2D eigenvalue weighted by atomic mass is 32.2. The van der Waals surface area contributed by atoms with Crippen molar-refractivity contribution in [1.29, 1.82) is 0 Å². The van der Waals surface area contributed by atoms with Crippen molar-refractivity contribution in [3.63, 3.8) is 0 Å². The number of aliphatic hydroxyl groups is 2. The lowest BCUT2D eigenvalue weighted by Gasteiger charge is -2.30. The highest BCUT2D eigenvalue weighted by Gasteiger charge is 2.52. The molecule has 0 radical (unpaired) electrons. The Bertz CT molecular complexity index is 4010. The number of thioether (sulfide) groups is 1. The maximum atomic E-state index is 13.4. The molecule has 89 heavy (non-hydrogen) atoms. The second-order valence-corrected chi connectivity index (χ2v) is 27.3. The van der Waals surface area contributed by atoms with E-state index in [2.05, 4.69) is 66.4 Å². The second-order valence-electron chi connectivity index (χ2n) is 21.9. The van der Waals surface area contributed by atoms with Gasteiger partial charge in [-0.3, -0.25) is 37.7 Å². The van der Waals surface area contributed by atoms with Gasteiger partial charge in [0.2, 0.25) is 23.6 Å². The summed E-state index contributed by atoms with van der Waals surface area (Å²) < 4.78 is 63.2. The van der Waals surface area contributed by atoms with Gasteiger partial charge in [-0.1, -0.05) is 50.2 Å². The van der Waals surface area contributed by atoms with Crippen LogP contribution in [-0.4, -0.2) is 149 Å². The quantitative estimate of drug-likeness (QED) is 0.0169. The number of carboxylic acid groups (broad SMARTS) is 1. The number of aliphatic carboxylic acids is 1. The Hall–Kier alpha value is -6.63. The molecule has 30 nitrogen and oxygen atoms in total. The number of fused-ring (bicyclic) bond motifs is 9. The standard InChI is InChI=1S/C55H70N11O19P3S/c1-9-31-27(3)35-19-36-29(5)33(11-13-45(68)69)41(64-36)22-42-34(30(6)38(65-42)21-40-32(10-2)28(4)37(63-40)20-39(31)62-35)12-14-46(70)89-18-17-57-44(67)15-16-58-53(73)50(72)55(7,8)24-82-88(79,80)85-87(77,78)81-23-43-49(84-86(74,75)76)48(71)54(83-43)66-26-61-47-51(56)59-25-60-52(47)66/h10,19-22,25-26,43,48-50,54,71-72H,2,9,11-18,23-24H2,1,3-8H3,(H11,56,57,58,59,60,62,63,64,65,67,68,69,73,74,75,76,77,78,79,80)/p+1. The number of phosphoric acid groups is 3. The summed E-state index contributed by atoms with van der Waals surface area (Å²) in [6, 6.07) is 7.90. The number of carbonyl (C=O) groups excluding carboxylic acids is 3. The lowest BCUT2D eigenvalue weighted by atomic mass is 9.87. The number of nitrogens with one attached hydrogen (secondary N) is 5. The van der Waals surface area contributed by atoms with Crippen molar-refractivity contribution in [3.8, 4) is 0 Å². The normalized spacial score (nSPS) is 18.9. The molecular formula is C55H71N11O19P3S+. The molecule has 3 aliphatic heterocycles. The number of anilines is 1. The number of rotatable bonds is 27. The number of phosphoric ester groups is 3. The number of nitrogen functional groups attached to an aromatic ring is 1. The van der Waals surface area contributed by atoms with Gasteiger partial charge in [0, 0.05) is 71.2 Å². The van der Waals surface area contributed by atoms with Gasteiger partial charge in [0.05, 0.1) is 36.0 Å². The number of carboxylic acids is 1. The van der Waals surface area contributed by atoms with E-state index >= 15 is 0 Å². The van der Waals surface area contributed by atoms with E-state index in [1.165, 1.54) is 24.7 Å². The number of amides is 2. The Morgan fingerprint density at radius 2 is 1.48 bits per heavy atom. The van der Waals surface area contributed by atoms with Crippen LogP contribution in [0.25, 0.3) is 61.6 Å². The second kappa shape index (κ2) is 27.9. The Labute approximate surface area is 513 Å². The molecule has 0 aromatic carbocycles. The minimum atomic E-state index is -5.63. The van der Waals surface area contributed by atoms with E-state index in [4.69, 9.17) is 34.0 Å². The van der Waals surface area contributed by atoms with E-state index in [0.29, 0.717) is 29.2 Å². The fourth-order valence-electron chi connectivity index (χ4n) is 10.4. The minimum absolute atomic E-state index is 0.000208. The van der Waals surface area contributed by atoms with Gasteiger partial charge in [-0.15, -0.1) is 0 Å². The highest BCUT2D eigenvalue weighted by molar-refractivity contribution is 8.13. The first-order valence-corrected chi connectivity index (χ1v) is 33.4. The largest absolute Gasteiger partial charge is 0.481 e. The van der Waals surface area contributed by atoms with Crippen molar-refractivity contribution < 1.29 is 95.0 Å². The highest BCUT2D eigenvalue weighted by Crippen LogP contribution is 2.61. The van der Waals surface area contributed by atoms with Crippen LogP contribution in [0.4, 0.5) is 5.82 Å². The Balaban J connectivity index is 0.818. The first kappa shape index (κ1) is 68.3. The number of aromatic amines is 3. The van der Waals surface area contributed by atoms with Gasteiger partial charge in [0.1, 0.15) is 24.4 Å². The molecule has 5 aromatic heterocycles. The fraction of sp³-hybridized carbons (Fsp3) is 0.436. The predicted molar refractivity (Wildman–Crippen MR) is 327 cm³/mol. The molecule has 0 spiro atoms. The van der Waals surface area contributed by atoms with E-state index in [1.807, 2.05) is 39.0 Å². The van der Waals surface area contributed by atoms with Crippen LogP contribution < -0.4 is 20.9 Å². The summed E-state index contributed by atoms with van der Waals surface area (Å²) in [4.78, 5) is 119. The first-order valence-electron chi connectivity index (χ1n) is 27.9. The molecule has 8 rings (SSSR count). The van der Waals surface area contributed by atoms with Crippen molar-refractivity contribution in [2.45, 2.75) is 118 Å². The molecule has 0 aliphatic carbocycles. The molecule has 7 atom stereocenters. The minimum Gasteiger partial charge on any atom is -0.481 e. The number of ether oxygens (including phenoxy) is 1. The third kappa shape index (κ3) is 16.3. The van der Waals surface area contributed by atoms with Crippen LogP contribution in [-0.2, 0) is 61.9 Å². The lowest BCUT2D eigenvalue weighted by molar-refractivity contribution is -0.745. The molecule has 0 saturated carbocycles. The van der Waals surface area contributed by atoms with Crippen molar-refractivity contribution in [3.05, 3.63) is 88.5 Å². The molecule has 480 valence electrons. The molecule has 3 aliphatic rings. The van der Waals surface area contributed by atoms with E-state index in [-0.39, 0.29) is 66.6 Å². The maximum Gasteiger partial charge on any atom is 0.481 e. The Morgan fingerprint density at radius 3 is 2.12 bits per heavy atom. The number of H-pyrrole nitrogens is 3. The average molecular weight is 1320 g/mol. The fourth-order valence-corrected chi connectivity index (χ4v) is 13.9. The number of aliphatic hydroxyl groups excluding tert-OH is 2. The zero-order valence-corrected chi connectivity index (χ0v) is 53.0. The van der Waals surface area contributed by atoms with Gasteiger partial charge in [0.15, 0.2) is 23.6 Å². The Morgan fingerprint density at radius 1 is 0.854 bits per heavy atom. The zero-order chi connectivity index (χ0) is 65.1. The topological polar surface area (TPSA) is 460 Å². The van der Waals surface area contributed by atoms with Crippen molar-refractivity contribution in [1.82, 2.24) is 45.5 Å². The number of carbonyl (C=O) groups is 4. The molecule has 14 N–H and O–H groups in total. The van der Waals surface area contributed by atoms with Gasteiger partial charge in [-0.25, -0.2) is 28.2 Å². The number of hydrogen-bond donors (Lipinski definition) is 13. The zero-order valence-electron chi connectivity index (χ0n) is 49.5. The summed E-state index contributed by atoms with van der Waals surface area (Å²) in [5, 5.41) is 36.5. The van der Waals surface area contributed by atoms with Crippen LogP contribution in [0.15, 0.2) is 43.5 Å². The van der Waals surface area contributed by atoms with E-state index in [0.717, 1.165) is 91.1 Å². The van der Waals surface area contributed by atoms with E-state index in [1.54, 1.807) is 6.08 Å². The van der Waals surface area contributed by atoms with Gasteiger partial charge in [-0.05, 0) is 110 Å². The van der Waals surface area contributed by atoms with Crippen molar-refractivity contribution >= 4 is 126 Å². The average Bonchev–Trinajstić information content (AvgIpc) is 2.80. The summed E-state index contributed by atoms with van der Waals surface area (Å²) >= 11 is 1.02. The Kier molecular flexibility index (Phi) is 21.4. The molecule has 1 fully saturated rings. The smallest absolute Gasteiger partial charge is 0.481 e. The summed E-state index contributed by atoms with van der Waals surface area (Å²) in [5.74, 6) is -2.25. The molecule has 8 heterocycles. The number of allylic oxidation sites excluding steroid dienone is 4. The van der Waals surface area contributed by atoms with Crippen LogP contribution in [0.5, 0.6) is 0 Å². The van der Waals surface area contributed by atoms with E-state index < -0.39 is 90.5 Å². The van der Waals surface area contributed by atoms with Crippen LogP contribution >= 0.6 is 35.2 Å². The molecule has 1 saturated heterocycles. The first-order chi connectivity index (χ1) is 41.8. The number of aromatic nitrogens is 8. The molecule has 34 heteroatoms. The van der Waals surface area contributed by atoms with Crippen molar-refractivity contribution in [2.75, 3.05) is 37.8 Å². The predicted octanol–water partition coefficient (Wildman–Crippen LogP) is 5.74. The molecule has 2 amide bonds. The third-order valence-electron chi connectivity index (χ3n) is 15.3. The summed E-state index contributed by atoms with van der Waals surface area (Å²) in [6.45, 7) is 14.4. The van der Waals surface area contributed by atoms with Gasteiger partial charge in [0.25, 0.3) is 0 Å². The number of imidazole rings is 1. The lowest BCUT2D eigenvalue weighted by Crippen LogP contribution is -2.46. The summed E-state index contributed by atoms with van der Waals surface area (Å²) in [6.07, 6.45) is -3.84. The van der Waals surface area contributed by atoms with Gasteiger partial charge in [-0.2, -0.15) is 9.29 Å². The SMILES string of the molecule is C=Cc1c(C)c2cc3[nH]c(cc4nc(cc5nc(cc1[nH]2)C(C)=C5CCC(=O)SCCNC(=O)CCNC(=O)C(O)C(C)(C)COP(=O)(O)OP(=O)(O)OCC1OC([n+]2c[nH]c5c(N)ncnc52)C(O)C1OP(=O)(O)O)C(CCC(=O)O)=C4C)c(C)c3CC. The molecule has 5 aromatic rings. The number of hydrogen-bond acceptors (Lipinski definition) is 20. The number of nitrogens with zero attached hydrogens (tertiary/aromatic N) is 5. The van der Waals surface area contributed by atoms with Crippen molar-refractivity contribution in [2.24, 2.45) is 5.41 Å². The van der Waals surface area contributed by atoms with Gasteiger partial charge >= 0.3 is 35.1 Å². The maximum absolute atomic E-state index is 13.4. The monoisotopic (exact) mass is 1310 g/mol. The van der Waals surface area contributed by atoms with Crippen LogP contribution in [0.2, 0.25) is 0 Å². The number of aryl methyl sites for hydroxylation is 3. The van der Waals surface area contributed by atoms with Gasteiger partial charge < -0.3 is 66.0 Å². The molecule has 7 unspecified atom stereocenters. The number of nitrogens with two attached hydrogens (primary N) is 1.